The van der Waals surface area contributed by atoms with Gasteiger partial charge in [-0.3, -0.25) is 4.99 Å². The number of thiophene rings is 1. The molecule has 8 heteroatoms. The Morgan fingerprint density at radius 3 is 2.62 bits per heavy atom. The van der Waals surface area contributed by atoms with E-state index in [1.165, 1.54) is 11.3 Å². The van der Waals surface area contributed by atoms with E-state index < -0.39 is 11.9 Å². The van der Waals surface area contributed by atoms with Gasteiger partial charge < -0.3 is 4.74 Å². The van der Waals surface area contributed by atoms with Gasteiger partial charge >= 0.3 is 12.2 Å². The lowest BCUT2D eigenvalue weighted by Gasteiger charge is -2.28. The molecule has 29 heavy (non-hydrogen) atoms. The summed E-state index contributed by atoms with van der Waals surface area (Å²) in [6, 6.07) is 11.9. The van der Waals surface area contributed by atoms with E-state index in [9.17, 15) is 13.2 Å². The maximum Gasteiger partial charge on any atom is 0.433 e. The van der Waals surface area contributed by atoms with E-state index in [-0.39, 0.29) is 23.9 Å². The lowest BCUT2D eigenvalue weighted by molar-refractivity contribution is -0.141. The van der Waals surface area contributed by atoms with Crippen molar-refractivity contribution < 1.29 is 17.9 Å². The molecule has 0 spiro atoms. The number of hydrogen-bond acceptors (Lipinski definition) is 5. The summed E-state index contributed by atoms with van der Waals surface area (Å²) in [5, 5.41) is 1.78. The fraction of sp³-hybridized carbons (Fsp3) is 0.286. The van der Waals surface area contributed by atoms with Crippen molar-refractivity contribution in [3.63, 3.8) is 0 Å². The number of rotatable bonds is 4. The van der Waals surface area contributed by atoms with Crippen LogP contribution in [-0.2, 0) is 12.6 Å². The molecule has 0 bridgehead atoms. The molecule has 0 N–H and O–H groups in total. The summed E-state index contributed by atoms with van der Waals surface area (Å²) in [5.41, 5.74) is 1.59. The first kappa shape index (κ1) is 19.6. The van der Waals surface area contributed by atoms with Gasteiger partial charge in [0.2, 0.25) is 0 Å². The summed E-state index contributed by atoms with van der Waals surface area (Å²) >= 11 is 1.30. The Balaban J connectivity index is 1.66. The van der Waals surface area contributed by atoms with Gasteiger partial charge in [0, 0.05) is 5.56 Å². The van der Waals surface area contributed by atoms with Crippen molar-refractivity contribution in [1.29, 1.82) is 0 Å². The standard InChI is InChI=1S/C21H18F3N3OS/c1-20(2)11-13-6-3-4-7-14(13)16(27-20)12-28-19-25-15(17-8-5-9-29-17)10-18(26-19)21(22,23)24/h3-10H,11-12H2,1-2H3. The van der Waals surface area contributed by atoms with E-state index in [4.69, 9.17) is 9.73 Å². The highest BCUT2D eigenvalue weighted by atomic mass is 32.1. The van der Waals surface area contributed by atoms with Crippen LogP contribution in [0.15, 0.2) is 52.8 Å². The van der Waals surface area contributed by atoms with E-state index >= 15 is 0 Å². The third-order valence-electron chi connectivity index (χ3n) is 4.50. The van der Waals surface area contributed by atoms with Crippen LogP contribution in [0.5, 0.6) is 6.01 Å². The Kier molecular flexibility index (Phi) is 4.90. The van der Waals surface area contributed by atoms with Crippen LogP contribution in [0.2, 0.25) is 0 Å². The Hall–Kier alpha value is -2.74. The fourth-order valence-electron chi connectivity index (χ4n) is 3.32. The van der Waals surface area contributed by atoms with Crippen molar-refractivity contribution in [2.45, 2.75) is 32.0 Å². The van der Waals surface area contributed by atoms with Crippen LogP contribution in [0.1, 0.15) is 30.7 Å². The highest BCUT2D eigenvalue weighted by Crippen LogP contribution is 2.33. The van der Waals surface area contributed by atoms with Crippen molar-refractivity contribution in [2.24, 2.45) is 4.99 Å². The highest BCUT2D eigenvalue weighted by molar-refractivity contribution is 7.13. The smallest absolute Gasteiger partial charge is 0.433 e. The molecule has 0 fully saturated rings. The number of benzene rings is 1. The van der Waals surface area contributed by atoms with Crippen LogP contribution in [0.25, 0.3) is 10.6 Å². The Bertz CT molecular complexity index is 1060. The Morgan fingerprint density at radius 2 is 1.90 bits per heavy atom. The fourth-order valence-corrected chi connectivity index (χ4v) is 4.00. The quantitative estimate of drug-likeness (QED) is 0.569. The van der Waals surface area contributed by atoms with E-state index in [1.807, 2.05) is 38.1 Å². The molecule has 0 saturated heterocycles. The van der Waals surface area contributed by atoms with Gasteiger partial charge in [-0.1, -0.05) is 30.3 Å². The maximum absolute atomic E-state index is 13.3. The Labute approximate surface area is 170 Å². The molecule has 0 saturated carbocycles. The van der Waals surface area contributed by atoms with Crippen LogP contribution in [-0.4, -0.2) is 27.8 Å². The molecule has 0 unspecified atom stereocenters. The van der Waals surface area contributed by atoms with Crippen molar-refractivity contribution in [3.05, 3.63) is 64.7 Å². The number of fused-ring (bicyclic) bond motifs is 1. The predicted molar refractivity (Wildman–Crippen MR) is 107 cm³/mol. The SMILES string of the molecule is CC1(C)Cc2ccccc2C(COc2nc(-c3cccs3)cc(C(F)(F)F)n2)=N1. The van der Waals surface area contributed by atoms with E-state index in [0.717, 1.165) is 23.6 Å². The summed E-state index contributed by atoms with van der Waals surface area (Å²) in [6.45, 7) is 4.02. The average Bonchev–Trinajstić information content (AvgIpc) is 3.19. The second-order valence-corrected chi connectivity index (χ2v) is 8.34. The average molecular weight is 417 g/mol. The second-order valence-electron chi connectivity index (χ2n) is 7.39. The van der Waals surface area contributed by atoms with E-state index in [1.54, 1.807) is 17.5 Å². The minimum Gasteiger partial charge on any atom is -0.457 e. The number of nitrogens with zero attached hydrogens (tertiary/aromatic N) is 3. The van der Waals surface area contributed by atoms with Crippen LogP contribution in [0.4, 0.5) is 13.2 Å². The van der Waals surface area contributed by atoms with E-state index in [0.29, 0.717) is 10.6 Å². The molecule has 1 aliphatic heterocycles. The molecular weight excluding hydrogens is 399 g/mol. The number of ether oxygens (including phenoxy) is 1. The number of aromatic nitrogens is 2. The summed E-state index contributed by atoms with van der Waals surface area (Å²) in [4.78, 5) is 13.1. The Morgan fingerprint density at radius 1 is 1.10 bits per heavy atom. The third-order valence-corrected chi connectivity index (χ3v) is 5.39. The van der Waals surface area contributed by atoms with Gasteiger partial charge in [-0.05, 0) is 43.3 Å². The van der Waals surface area contributed by atoms with E-state index in [2.05, 4.69) is 9.97 Å². The minimum absolute atomic E-state index is 0.00830. The molecule has 3 heterocycles. The molecule has 4 nitrogen and oxygen atoms in total. The summed E-state index contributed by atoms with van der Waals surface area (Å²) in [7, 11) is 0. The molecular formula is C21H18F3N3OS. The second kappa shape index (κ2) is 7.26. The van der Waals surface area contributed by atoms with Crippen LogP contribution in [0.3, 0.4) is 0 Å². The van der Waals surface area contributed by atoms with Gasteiger partial charge in [-0.15, -0.1) is 11.3 Å². The van der Waals surface area contributed by atoms with Gasteiger partial charge in [0.15, 0.2) is 5.69 Å². The lowest BCUT2D eigenvalue weighted by atomic mass is 9.87. The van der Waals surface area contributed by atoms with Gasteiger partial charge in [-0.2, -0.15) is 23.1 Å². The summed E-state index contributed by atoms with van der Waals surface area (Å²) in [6.07, 6.45) is -3.81. The topological polar surface area (TPSA) is 47.4 Å². The number of aliphatic imine (C=N–C) groups is 1. The zero-order valence-electron chi connectivity index (χ0n) is 15.8. The first-order valence-electron chi connectivity index (χ1n) is 9.01. The third kappa shape index (κ3) is 4.32. The molecule has 0 amide bonds. The van der Waals surface area contributed by atoms with Crippen molar-refractivity contribution in [1.82, 2.24) is 9.97 Å². The number of alkyl halides is 3. The van der Waals surface area contributed by atoms with Gasteiger partial charge in [0.25, 0.3) is 0 Å². The zero-order chi connectivity index (χ0) is 20.6. The van der Waals surface area contributed by atoms with Crippen LogP contribution >= 0.6 is 11.3 Å². The first-order valence-corrected chi connectivity index (χ1v) is 9.89. The van der Waals surface area contributed by atoms with Gasteiger partial charge in [-0.25, -0.2) is 0 Å². The van der Waals surface area contributed by atoms with Gasteiger partial charge in [0.05, 0.1) is 21.8 Å². The first-order chi connectivity index (χ1) is 13.7. The number of hydrogen-bond donors (Lipinski definition) is 0. The maximum atomic E-state index is 13.3. The molecule has 0 atom stereocenters. The molecule has 1 aliphatic rings. The molecule has 4 rings (SSSR count). The molecule has 1 aromatic carbocycles. The molecule has 2 aromatic heterocycles. The highest BCUT2D eigenvalue weighted by Gasteiger charge is 2.34. The van der Waals surface area contributed by atoms with Crippen LogP contribution in [0, 0.1) is 0 Å². The minimum atomic E-state index is -4.59. The van der Waals surface area contributed by atoms with Crippen LogP contribution < -0.4 is 4.74 Å². The zero-order valence-corrected chi connectivity index (χ0v) is 16.6. The summed E-state index contributed by atoms with van der Waals surface area (Å²) in [5.74, 6) is 0. The van der Waals surface area contributed by atoms with Crippen molar-refractivity contribution in [2.75, 3.05) is 6.61 Å². The number of halogens is 3. The monoisotopic (exact) mass is 417 g/mol. The molecule has 150 valence electrons. The summed E-state index contributed by atoms with van der Waals surface area (Å²) < 4.78 is 45.6. The van der Waals surface area contributed by atoms with Crippen molar-refractivity contribution >= 4 is 17.0 Å². The predicted octanol–water partition coefficient (Wildman–Crippen LogP) is 5.43. The molecule has 3 aromatic rings. The molecule has 0 radical (unpaired) electrons. The van der Waals surface area contributed by atoms with Crippen molar-refractivity contribution in [3.8, 4) is 16.6 Å². The van der Waals surface area contributed by atoms with Gasteiger partial charge in [0.1, 0.15) is 6.61 Å². The normalized spacial score (nSPS) is 15.6. The lowest BCUT2D eigenvalue weighted by Crippen LogP contribution is -2.31. The largest absolute Gasteiger partial charge is 0.457 e. The molecule has 0 aliphatic carbocycles.